The Morgan fingerprint density at radius 2 is 0.866 bits per heavy atom. The summed E-state index contributed by atoms with van der Waals surface area (Å²) in [6.45, 7) is 11.8. The van der Waals surface area contributed by atoms with Crippen LogP contribution in [0.1, 0.15) is 72.2 Å². The third-order valence-electron chi connectivity index (χ3n) is 13.8. The molecule has 0 saturated heterocycles. The van der Waals surface area contributed by atoms with E-state index in [-0.39, 0.29) is 13.1 Å². The van der Waals surface area contributed by atoms with Crippen molar-refractivity contribution >= 4 is 127 Å². The lowest BCUT2D eigenvalue weighted by atomic mass is 9.96. The number of hydrogen-bond donors (Lipinski definition) is 9. The van der Waals surface area contributed by atoms with Crippen molar-refractivity contribution in [3.05, 3.63) is 136 Å². The Balaban J connectivity index is 0.000000265. The summed E-state index contributed by atoms with van der Waals surface area (Å²) < 4.78 is 115. The van der Waals surface area contributed by atoms with E-state index in [1.54, 1.807) is 62.8 Å². The molecule has 0 aliphatic heterocycles. The number of ether oxygens (including phenoxy) is 3. The number of alkyl halides is 8. The van der Waals surface area contributed by atoms with Gasteiger partial charge in [-0.15, -0.1) is 90.7 Å². The topological polar surface area (TPSA) is 289 Å². The van der Waals surface area contributed by atoms with Crippen molar-refractivity contribution in [2.75, 3.05) is 21.3 Å². The molecule has 97 heavy (non-hydrogen) atoms. The number of carbonyl (C=O) groups is 5. The van der Waals surface area contributed by atoms with Gasteiger partial charge in [-0.3, -0.25) is 40.0 Å². The minimum absolute atomic E-state index is 0.107. The zero-order valence-electron chi connectivity index (χ0n) is 53.7. The lowest BCUT2D eigenvalue weighted by molar-refractivity contribution is -0.161. The van der Waals surface area contributed by atoms with Crippen molar-refractivity contribution in [3.63, 3.8) is 0 Å². The Morgan fingerprint density at radius 1 is 0.505 bits per heavy atom. The summed E-state index contributed by atoms with van der Waals surface area (Å²) in [4.78, 5) is 76.1. The SMILES string of the molecule is COC(=O)[C@@H](N)[C@](C)(O)C(F)F.COC(=O)[C@@H](N=Cc1ccc(-c2ccc(C)s2)s1)[C@](C)(O)C(F)F.COC(=O)[C@@H](NCc1ccc(-c2ccc(C)s2)s1)[C@](C)(O)C(F)F.Cc1ccc(-c2cc(C=O)cs2)s1.Cc1ccc(-c2ccc(CN[C@H](C(=O)NO)[C@](C)(O)C(F)F)s2)s1. The molecule has 0 spiro atoms. The number of aldehydes is 1. The fourth-order valence-corrected chi connectivity index (χ4v) is 15.3. The monoisotopic (exact) mass is 1520 g/mol. The van der Waals surface area contributed by atoms with Crippen molar-refractivity contribution in [2.45, 2.75) is 141 Å². The molecular formula is C63H73F8N5O13S8. The Bertz CT molecular complexity index is 3690. The number of amides is 1. The van der Waals surface area contributed by atoms with Gasteiger partial charge < -0.3 is 40.4 Å². The van der Waals surface area contributed by atoms with Crippen LogP contribution < -0.4 is 21.8 Å². The van der Waals surface area contributed by atoms with Crippen LogP contribution in [-0.4, -0.2) is 156 Å². The van der Waals surface area contributed by atoms with Crippen LogP contribution in [0.2, 0.25) is 0 Å². The number of esters is 3. The largest absolute Gasteiger partial charge is 0.468 e. The van der Waals surface area contributed by atoms with Gasteiger partial charge in [0.15, 0.2) is 17.9 Å². The van der Waals surface area contributed by atoms with Crippen LogP contribution in [0.15, 0.2) is 101 Å². The van der Waals surface area contributed by atoms with Gasteiger partial charge in [0.05, 0.1) is 21.3 Å². The molecule has 532 valence electrons. The number of hydrogen-bond acceptors (Lipinski definition) is 25. The molecule has 0 bridgehead atoms. The minimum Gasteiger partial charge on any atom is -0.468 e. The van der Waals surface area contributed by atoms with Crippen molar-refractivity contribution in [1.29, 1.82) is 0 Å². The molecule has 8 rings (SSSR count). The highest BCUT2D eigenvalue weighted by Gasteiger charge is 2.48. The average molecular weight is 1520 g/mol. The molecule has 8 heterocycles. The molecule has 0 aliphatic rings. The Kier molecular flexibility index (Phi) is 32.6. The summed E-state index contributed by atoms with van der Waals surface area (Å²) in [6.07, 6.45) is -10.3. The van der Waals surface area contributed by atoms with E-state index >= 15 is 0 Å². The van der Waals surface area contributed by atoms with Gasteiger partial charge in [-0.2, -0.15) is 0 Å². The van der Waals surface area contributed by atoms with Crippen molar-refractivity contribution in [2.24, 2.45) is 10.7 Å². The van der Waals surface area contributed by atoms with E-state index in [0.717, 1.165) is 99.9 Å². The predicted molar refractivity (Wildman–Crippen MR) is 368 cm³/mol. The van der Waals surface area contributed by atoms with Gasteiger partial charge in [-0.25, -0.2) is 45.4 Å². The van der Waals surface area contributed by atoms with E-state index in [4.69, 9.17) is 16.0 Å². The van der Waals surface area contributed by atoms with Crippen LogP contribution in [0.5, 0.6) is 0 Å². The normalized spacial score (nSPS) is 15.1. The molecule has 0 radical (unpaired) electrons. The maximum absolute atomic E-state index is 13.0. The van der Waals surface area contributed by atoms with Gasteiger partial charge in [0.1, 0.15) is 34.9 Å². The Labute approximate surface area is 586 Å². The first-order valence-corrected chi connectivity index (χ1v) is 35.0. The summed E-state index contributed by atoms with van der Waals surface area (Å²) in [5.41, 5.74) is -3.20. The number of methoxy groups -OCH3 is 3. The van der Waals surface area contributed by atoms with E-state index < -0.39 is 96.1 Å². The first kappa shape index (κ1) is 83.4. The number of nitrogens with two attached hydrogens (primary N) is 1. The lowest BCUT2D eigenvalue weighted by Crippen LogP contribution is -2.60. The van der Waals surface area contributed by atoms with Gasteiger partial charge in [0.2, 0.25) is 0 Å². The van der Waals surface area contributed by atoms with Crippen LogP contribution in [0.3, 0.4) is 0 Å². The summed E-state index contributed by atoms with van der Waals surface area (Å²) >= 11 is 12.7. The fourth-order valence-electron chi connectivity index (χ4n) is 7.84. The zero-order chi connectivity index (χ0) is 72.9. The molecule has 18 nitrogen and oxygen atoms in total. The second-order valence-corrected chi connectivity index (χ2v) is 31.2. The number of carbonyl (C=O) groups excluding carboxylic acids is 5. The van der Waals surface area contributed by atoms with Crippen LogP contribution >= 0.6 is 90.7 Å². The number of halogens is 8. The predicted octanol–water partition coefficient (Wildman–Crippen LogP) is 13.1. The van der Waals surface area contributed by atoms with Gasteiger partial charge in [0.25, 0.3) is 31.6 Å². The van der Waals surface area contributed by atoms with E-state index in [1.165, 1.54) is 75.0 Å². The first-order valence-electron chi connectivity index (χ1n) is 28.4. The Morgan fingerprint density at radius 3 is 1.23 bits per heavy atom. The van der Waals surface area contributed by atoms with E-state index in [2.05, 4.69) is 48.9 Å². The molecular weight excluding hydrogens is 1440 g/mol. The molecule has 8 atom stereocenters. The first-order chi connectivity index (χ1) is 45.4. The third kappa shape index (κ3) is 23.8. The summed E-state index contributed by atoms with van der Waals surface area (Å²) in [6, 6.07) is 22.9. The highest BCUT2D eigenvalue weighted by Crippen LogP contribution is 2.37. The number of rotatable bonds is 25. The summed E-state index contributed by atoms with van der Waals surface area (Å²) in [5, 5.41) is 54.5. The number of thiophene rings is 8. The van der Waals surface area contributed by atoms with Crippen LogP contribution in [0.25, 0.3) is 39.0 Å². The number of nitrogens with one attached hydrogen (secondary N) is 3. The lowest BCUT2D eigenvalue weighted by Gasteiger charge is -2.31. The number of aliphatic imine (C=N–C) groups is 1. The number of aryl methyl sites for hydroxylation is 4. The van der Waals surface area contributed by atoms with Gasteiger partial charge >= 0.3 is 17.9 Å². The van der Waals surface area contributed by atoms with E-state index in [0.29, 0.717) is 4.88 Å². The molecule has 0 fully saturated rings. The zero-order valence-corrected chi connectivity index (χ0v) is 60.3. The molecule has 0 aromatic carbocycles. The van der Waals surface area contributed by atoms with Gasteiger partial charge in [0, 0.05) is 103 Å². The number of nitrogens with zero attached hydrogens (tertiary/aromatic N) is 1. The van der Waals surface area contributed by atoms with E-state index in [9.17, 15) is 74.4 Å². The second-order valence-electron chi connectivity index (χ2n) is 21.7. The van der Waals surface area contributed by atoms with Crippen molar-refractivity contribution < 1.29 is 98.9 Å². The second kappa shape index (κ2) is 37.9. The molecule has 34 heteroatoms. The van der Waals surface area contributed by atoms with Gasteiger partial charge in [-0.1, -0.05) is 0 Å². The molecule has 0 aliphatic carbocycles. The Hall–Kier alpha value is -6.06. The smallest absolute Gasteiger partial charge is 0.333 e. The highest BCUT2D eigenvalue weighted by molar-refractivity contribution is 7.24. The maximum atomic E-state index is 13.0. The molecule has 0 unspecified atom stereocenters. The molecule has 0 saturated carbocycles. The molecule has 8 aromatic rings. The maximum Gasteiger partial charge on any atom is 0.333 e. The van der Waals surface area contributed by atoms with Crippen LogP contribution in [0.4, 0.5) is 35.1 Å². The quantitative estimate of drug-likeness (QED) is 0.00489. The fraction of sp³-hybridized carbons (Fsp3) is 0.397. The van der Waals surface area contributed by atoms with Crippen molar-refractivity contribution in [1.82, 2.24) is 16.1 Å². The van der Waals surface area contributed by atoms with Crippen molar-refractivity contribution in [3.8, 4) is 39.0 Å². The molecule has 1 amide bonds. The molecule has 10 N–H and O–H groups in total. The molecule has 8 aromatic heterocycles. The van der Waals surface area contributed by atoms with Crippen LogP contribution in [-0.2, 0) is 46.5 Å². The number of hydroxylamine groups is 1. The average Bonchev–Trinajstić information content (AvgIpc) is 1.22. The van der Waals surface area contributed by atoms with Crippen LogP contribution in [0, 0.1) is 27.7 Å². The van der Waals surface area contributed by atoms with Gasteiger partial charge in [-0.05, 0) is 146 Å². The summed E-state index contributed by atoms with van der Waals surface area (Å²) in [5.74, 6) is -4.13. The van der Waals surface area contributed by atoms with E-state index in [1.807, 2.05) is 98.9 Å². The summed E-state index contributed by atoms with van der Waals surface area (Å²) in [7, 11) is 3.17. The third-order valence-corrected chi connectivity index (χ3v) is 22.7. The highest BCUT2D eigenvalue weighted by atomic mass is 32.1. The standard InChI is InChI=1S/C16H19F2NO3S2.C16H17F2NO3S2.C15H18F2N2O3S2.C10H8OS2.C6H11F2NO3/c2*1-9-4-6-11(23-9)12-7-5-10(24-12)8-19-13(14(20)22-3)16(2,21)15(17)18;1-8-3-5-10(23-8)11-6-4-9(24-11)7-18-12(13(20)19-22)15(2,21)14(16)17;1-7-2-3-9(13-7)10-4-8(5-11)6-12-10;1-6(11,5(7)8)3(9)4(10)12-2/h4-7,13,15,19,21H,8H2,1-3H3;4-8,13,15,21H,1-3H3;3-6,12,14,18,21-22H,7H2,1-2H3,(H,19,20);2-6H,1H3;3,5,11H,9H2,1-2H3/t2*13-,16+;12-,15+;;3-,6+/m111.1/s1. The minimum atomic E-state index is -3.15. The number of aliphatic hydroxyl groups is 4.